The van der Waals surface area contributed by atoms with Gasteiger partial charge in [0.2, 0.25) is 5.89 Å². The second-order valence-corrected chi connectivity index (χ2v) is 7.43. The molecule has 1 aromatic heterocycles. The smallest absolute Gasteiger partial charge is 0.254 e. The number of likely N-dealkylation sites (tertiary alicyclic amines) is 1. The van der Waals surface area contributed by atoms with Crippen molar-refractivity contribution in [3.8, 4) is 22.8 Å². The van der Waals surface area contributed by atoms with Crippen LogP contribution in [-0.2, 0) is 0 Å². The number of amides is 1. The molecule has 1 atom stereocenters. The molecule has 0 aliphatic carbocycles. The molecule has 2 heterocycles. The zero-order valence-corrected chi connectivity index (χ0v) is 15.4. The molecule has 0 saturated carbocycles. The molecule has 0 spiro atoms. The lowest BCUT2D eigenvalue weighted by molar-refractivity contribution is 0.0777. The van der Waals surface area contributed by atoms with Gasteiger partial charge in [-0.3, -0.25) is 4.79 Å². The van der Waals surface area contributed by atoms with E-state index in [0.717, 1.165) is 18.5 Å². The summed E-state index contributed by atoms with van der Waals surface area (Å²) >= 11 is 0. The summed E-state index contributed by atoms with van der Waals surface area (Å²) in [5.41, 5.74) is 8.16. The van der Waals surface area contributed by atoms with Crippen molar-refractivity contribution >= 4 is 5.91 Å². The molecular weight excluding hydrogens is 338 g/mol. The van der Waals surface area contributed by atoms with Crippen molar-refractivity contribution in [3.63, 3.8) is 0 Å². The molecule has 1 aliphatic heterocycles. The van der Waals surface area contributed by atoms with Gasteiger partial charge in [-0.1, -0.05) is 49.4 Å². The Morgan fingerprint density at radius 1 is 1.19 bits per heavy atom. The van der Waals surface area contributed by atoms with Gasteiger partial charge < -0.3 is 15.1 Å². The summed E-state index contributed by atoms with van der Waals surface area (Å²) in [7, 11) is 0. The van der Waals surface area contributed by atoms with E-state index >= 15 is 0 Å². The summed E-state index contributed by atoms with van der Waals surface area (Å²) in [5.74, 6) is 1.14. The molecule has 0 radical (unpaired) electrons. The molecular formula is C22H23N3O2. The molecule has 1 amide bonds. The molecule has 1 saturated heterocycles. The van der Waals surface area contributed by atoms with Crippen molar-refractivity contribution in [3.05, 3.63) is 66.4 Å². The van der Waals surface area contributed by atoms with Gasteiger partial charge in [0.05, 0.1) is 11.8 Å². The van der Waals surface area contributed by atoms with Crippen LogP contribution in [0, 0.1) is 5.41 Å². The first kappa shape index (κ1) is 17.5. The molecule has 0 bridgehead atoms. The SMILES string of the molecule is CC1(CN)CCN(C(=O)c2ccccc2-c2ncc(-c3ccccc3)o2)C1. The van der Waals surface area contributed by atoms with Crippen molar-refractivity contribution in [2.45, 2.75) is 13.3 Å². The number of hydrogen-bond acceptors (Lipinski definition) is 4. The molecule has 1 fully saturated rings. The topological polar surface area (TPSA) is 72.4 Å². The van der Waals surface area contributed by atoms with Gasteiger partial charge in [-0.25, -0.2) is 4.98 Å². The maximum absolute atomic E-state index is 13.1. The number of rotatable bonds is 4. The van der Waals surface area contributed by atoms with E-state index < -0.39 is 0 Å². The number of hydrogen-bond donors (Lipinski definition) is 1. The third kappa shape index (κ3) is 3.38. The highest BCUT2D eigenvalue weighted by Crippen LogP contribution is 2.32. The Labute approximate surface area is 158 Å². The lowest BCUT2D eigenvalue weighted by Gasteiger charge is -2.23. The zero-order valence-electron chi connectivity index (χ0n) is 15.4. The molecule has 1 aliphatic rings. The number of benzene rings is 2. The van der Waals surface area contributed by atoms with E-state index in [1.54, 1.807) is 6.20 Å². The minimum Gasteiger partial charge on any atom is -0.436 e. The van der Waals surface area contributed by atoms with Crippen molar-refractivity contribution < 1.29 is 9.21 Å². The fourth-order valence-electron chi connectivity index (χ4n) is 3.52. The fraction of sp³-hybridized carbons (Fsp3) is 0.273. The van der Waals surface area contributed by atoms with Gasteiger partial charge in [0.25, 0.3) is 5.91 Å². The molecule has 2 N–H and O–H groups in total. The number of aromatic nitrogens is 1. The van der Waals surface area contributed by atoms with Crippen molar-refractivity contribution in [1.82, 2.24) is 9.88 Å². The van der Waals surface area contributed by atoms with Gasteiger partial charge in [0.15, 0.2) is 5.76 Å². The van der Waals surface area contributed by atoms with E-state index in [-0.39, 0.29) is 11.3 Å². The van der Waals surface area contributed by atoms with Crippen LogP contribution in [0.2, 0.25) is 0 Å². The fourth-order valence-corrected chi connectivity index (χ4v) is 3.52. The Morgan fingerprint density at radius 2 is 1.93 bits per heavy atom. The second kappa shape index (κ2) is 7.00. The van der Waals surface area contributed by atoms with E-state index in [0.29, 0.717) is 35.9 Å². The second-order valence-electron chi connectivity index (χ2n) is 7.43. The Hall–Kier alpha value is -2.92. The first-order chi connectivity index (χ1) is 13.1. The maximum atomic E-state index is 13.1. The average molecular weight is 361 g/mol. The highest BCUT2D eigenvalue weighted by molar-refractivity contribution is 6.00. The summed E-state index contributed by atoms with van der Waals surface area (Å²) in [5, 5.41) is 0. The molecule has 138 valence electrons. The molecule has 4 rings (SSSR count). The molecule has 5 heteroatoms. The monoisotopic (exact) mass is 361 g/mol. The minimum absolute atomic E-state index is 0.00207. The summed E-state index contributed by atoms with van der Waals surface area (Å²) < 4.78 is 5.97. The first-order valence-electron chi connectivity index (χ1n) is 9.20. The van der Waals surface area contributed by atoms with Gasteiger partial charge in [-0.15, -0.1) is 0 Å². The van der Waals surface area contributed by atoms with E-state index in [2.05, 4.69) is 11.9 Å². The lowest BCUT2D eigenvalue weighted by atomic mass is 9.90. The van der Waals surface area contributed by atoms with Crippen LogP contribution in [0.25, 0.3) is 22.8 Å². The highest BCUT2D eigenvalue weighted by atomic mass is 16.4. The van der Waals surface area contributed by atoms with E-state index in [4.69, 9.17) is 10.2 Å². The van der Waals surface area contributed by atoms with Crippen LogP contribution >= 0.6 is 0 Å². The van der Waals surface area contributed by atoms with Crippen LogP contribution in [0.5, 0.6) is 0 Å². The molecule has 1 unspecified atom stereocenters. The van der Waals surface area contributed by atoms with Gasteiger partial charge in [0.1, 0.15) is 0 Å². The number of oxazole rings is 1. The number of carbonyl (C=O) groups is 1. The molecule has 2 aromatic carbocycles. The van der Waals surface area contributed by atoms with Crippen molar-refractivity contribution in [2.75, 3.05) is 19.6 Å². The van der Waals surface area contributed by atoms with Crippen molar-refractivity contribution in [2.24, 2.45) is 11.1 Å². The van der Waals surface area contributed by atoms with E-state index in [9.17, 15) is 4.79 Å². The third-order valence-corrected chi connectivity index (χ3v) is 5.29. The Kier molecular flexibility index (Phi) is 4.54. The van der Waals surface area contributed by atoms with Crippen LogP contribution in [0.3, 0.4) is 0 Å². The minimum atomic E-state index is -0.00594. The zero-order chi connectivity index (χ0) is 18.9. The summed E-state index contributed by atoms with van der Waals surface area (Å²) in [6, 6.07) is 17.3. The molecule has 3 aromatic rings. The maximum Gasteiger partial charge on any atom is 0.254 e. The number of nitrogens with two attached hydrogens (primary N) is 1. The number of nitrogens with zero attached hydrogens (tertiary/aromatic N) is 2. The Balaban J connectivity index is 1.65. The van der Waals surface area contributed by atoms with Crippen molar-refractivity contribution in [1.29, 1.82) is 0 Å². The quantitative estimate of drug-likeness (QED) is 0.767. The predicted octanol–water partition coefficient (Wildman–Crippen LogP) is 3.82. The normalized spacial score (nSPS) is 19.4. The summed E-state index contributed by atoms with van der Waals surface area (Å²) in [4.78, 5) is 19.4. The summed E-state index contributed by atoms with van der Waals surface area (Å²) in [6.07, 6.45) is 2.63. The predicted molar refractivity (Wildman–Crippen MR) is 105 cm³/mol. The molecule has 5 nitrogen and oxygen atoms in total. The number of carbonyl (C=O) groups excluding carboxylic acids is 1. The van der Waals surface area contributed by atoms with Gasteiger partial charge in [-0.05, 0) is 30.5 Å². The van der Waals surface area contributed by atoms with Crippen LogP contribution < -0.4 is 5.73 Å². The average Bonchev–Trinajstić information content (AvgIpc) is 3.36. The Bertz CT molecular complexity index is 951. The first-order valence-corrected chi connectivity index (χ1v) is 9.20. The largest absolute Gasteiger partial charge is 0.436 e. The van der Waals surface area contributed by atoms with Gasteiger partial charge in [-0.2, -0.15) is 0 Å². The summed E-state index contributed by atoms with van der Waals surface area (Å²) in [6.45, 7) is 4.12. The lowest BCUT2D eigenvalue weighted by Crippen LogP contribution is -2.34. The third-order valence-electron chi connectivity index (χ3n) is 5.29. The Morgan fingerprint density at radius 3 is 2.67 bits per heavy atom. The van der Waals surface area contributed by atoms with Crippen LogP contribution in [0.4, 0.5) is 0 Å². The van der Waals surface area contributed by atoms with E-state index in [1.807, 2.05) is 59.5 Å². The standard InChI is InChI=1S/C22H23N3O2/c1-22(14-23)11-12-25(15-22)21(26)18-10-6-5-9-17(18)20-24-13-19(27-20)16-7-3-2-4-8-16/h2-10,13H,11-12,14-15,23H2,1H3. The highest BCUT2D eigenvalue weighted by Gasteiger charge is 2.36. The van der Waals surface area contributed by atoms with Gasteiger partial charge in [0, 0.05) is 24.2 Å². The van der Waals surface area contributed by atoms with Crippen LogP contribution in [0.15, 0.2) is 65.2 Å². The molecule has 27 heavy (non-hydrogen) atoms. The van der Waals surface area contributed by atoms with E-state index in [1.165, 1.54) is 0 Å². The van der Waals surface area contributed by atoms with Gasteiger partial charge >= 0.3 is 0 Å². The van der Waals surface area contributed by atoms with Crippen LogP contribution in [-0.4, -0.2) is 35.4 Å². The van der Waals surface area contributed by atoms with Crippen LogP contribution in [0.1, 0.15) is 23.7 Å².